The van der Waals surface area contributed by atoms with Crippen molar-refractivity contribution in [3.05, 3.63) is 45.7 Å². The van der Waals surface area contributed by atoms with E-state index in [1.54, 1.807) is 25.1 Å². The second-order valence-electron chi connectivity index (χ2n) is 6.32. The maximum Gasteiger partial charge on any atom is 0.292 e. The number of nitro benzene ring substituents is 1. The number of aryl methyl sites for hydroxylation is 2. The molecule has 0 spiro atoms. The average molecular weight is 344 g/mol. The van der Waals surface area contributed by atoms with Crippen LogP contribution in [0.3, 0.4) is 0 Å². The molecular weight excluding hydrogens is 324 g/mol. The molecule has 1 aliphatic heterocycles. The summed E-state index contributed by atoms with van der Waals surface area (Å²) in [6.45, 7) is 4.79. The third kappa shape index (κ3) is 3.78. The van der Waals surface area contributed by atoms with E-state index in [4.69, 9.17) is 4.52 Å². The first-order chi connectivity index (χ1) is 11.9. The SMILES string of the molecule is Cc1ccc(N2CCC(C(=O)Nc3cc(C)on3)CC2)c([N+](=O)[O-])c1. The number of anilines is 2. The summed E-state index contributed by atoms with van der Waals surface area (Å²) in [5.74, 6) is 0.819. The van der Waals surface area contributed by atoms with Crippen LogP contribution < -0.4 is 10.2 Å². The summed E-state index contributed by atoms with van der Waals surface area (Å²) in [6, 6.07) is 6.91. The number of aromatic nitrogens is 1. The van der Waals surface area contributed by atoms with Crippen LogP contribution in [-0.2, 0) is 4.79 Å². The fourth-order valence-electron chi connectivity index (χ4n) is 3.08. The maximum atomic E-state index is 12.3. The highest BCUT2D eigenvalue weighted by Gasteiger charge is 2.28. The number of nitrogens with zero attached hydrogens (tertiary/aromatic N) is 3. The first-order valence-corrected chi connectivity index (χ1v) is 8.18. The fraction of sp³-hybridized carbons (Fsp3) is 0.412. The van der Waals surface area contributed by atoms with E-state index in [0.29, 0.717) is 43.2 Å². The van der Waals surface area contributed by atoms with E-state index in [1.165, 1.54) is 0 Å². The van der Waals surface area contributed by atoms with E-state index >= 15 is 0 Å². The van der Waals surface area contributed by atoms with Crippen LogP contribution in [0.5, 0.6) is 0 Å². The van der Waals surface area contributed by atoms with Gasteiger partial charge in [-0.1, -0.05) is 11.2 Å². The van der Waals surface area contributed by atoms with E-state index in [0.717, 1.165) is 5.56 Å². The number of piperidine rings is 1. The van der Waals surface area contributed by atoms with Crippen molar-refractivity contribution in [3.8, 4) is 0 Å². The van der Waals surface area contributed by atoms with Gasteiger partial charge < -0.3 is 14.7 Å². The number of carbonyl (C=O) groups is 1. The minimum Gasteiger partial charge on any atom is -0.366 e. The topological polar surface area (TPSA) is 102 Å². The number of rotatable bonds is 4. The smallest absolute Gasteiger partial charge is 0.292 e. The lowest BCUT2D eigenvalue weighted by Gasteiger charge is -2.32. The molecular formula is C17H20N4O4. The first kappa shape index (κ1) is 16.9. The lowest BCUT2D eigenvalue weighted by molar-refractivity contribution is -0.384. The third-order valence-corrected chi connectivity index (χ3v) is 4.41. The maximum absolute atomic E-state index is 12.3. The summed E-state index contributed by atoms with van der Waals surface area (Å²) >= 11 is 0. The Morgan fingerprint density at radius 1 is 1.32 bits per heavy atom. The second kappa shape index (κ2) is 6.92. The highest BCUT2D eigenvalue weighted by Crippen LogP contribution is 2.32. The van der Waals surface area contributed by atoms with Gasteiger partial charge in [0.2, 0.25) is 5.91 Å². The van der Waals surface area contributed by atoms with Crippen LogP contribution in [-0.4, -0.2) is 29.1 Å². The number of carbonyl (C=O) groups excluding carboxylic acids is 1. The molecule has 1 N–H and O–H groups in total. The predicted molar refractivity (Wildman–Crippen MR) is 92.6 cm³/mol. The minimum absolute atomic E-state index is 0.0913. The number of nitrogens with one attached hydrogen (secondary N) is 1. The van der Waals surface area contributed by atoms with E-state index in [9.17, 15) is 14.9 Å². The van der Waals surface area contributed by atoms with E-state index in [-0.39, 0.29) is 22.4 Å². The fourth-order valence-corrected chi connectivity index (χ4v) is 3.08. The molecule has 0 unspecified atom stereocenters. The Morgan fingerprint density at radius 3 is 2.64 bits per heavy atom. The van der Waals surface area contributed by atoms with Crippen molar-refractivity contribution in [2.24, 2.45) is 5.92 Å². The molecule has 3 rings (SSSR count). The molecule has 8 heteroatoms. The lowest BCUT2D eigenvalue weighted by Crippen LogP contribution is -2.38. The molecule has 1 fully saturated rings. The molecule has 2 aromatic rings. The Morgan fingerprint density at radius 2 is 2.04 bits per heavy atom. The first-order valence-electron chi connectivity index (χ1n) is 8.18. The Balaban J connectivity index is 1.64. The average Bonchev–Trinajstić information content (AvgIpc) is 2.99. The van der Waals surface area contributed by atoms with Crippen LogP contribution in [0.4, 0.5) is 17.2 Å². The van der Waals surface area contributed by atoms with E-state index in [1.807, 2.05) is 17.9 Å². The Bertz CT molecular complexity index is 794. The van der Waals surface area contributed by atoms with Gasteiger partial charge in [-0.15, -0.1) is 0 Å². The van der Waals surface area contributed by atoms with Gasteiger partial charge >= 0.3 is 0 Å². The summed E-state index contributed by atoms with van der Waals surface area (Å²) in [6.07, 6.45) is 1.27. The van der Waals surface area contributed by atoms with Crippen LogP contribution in [0.2, 0.25) is 0 Å². The number of nitro groups is 1. The summed E-state index contributed by atoms with van der Waals surface area (Å²) in [4.78, 5) is 25.2. The highest BCUT2D eigenvalue weighted by molar-refractivity contribution is 5.91. The van der Waals surface area contributed by atoms with Gasteiger partial charge in [-0.05, 0) is 38.3 Å². The molecule has 0 saturated carbocycles. The van der Waals surface area contributed by atoms with Crippen molar-refractivity contribution in [1.29, 1.82) is 0 Å². The van der Waals surface area contributed by atoms with Crippen LogP contribution in [0.1, 0.15) is 24.2 Å². The van der Waals surface area contributed by atoms with Crippen molar-refractivity contribution in [2.45, 2.75) is 26.7 Å². The zero-order chi connectivity index (χ0) is 18.0. The summed E-state index contributed by atoms with van der Waals surface area (Å²) in [5, 5.41) is 17.8. The van der Waals surface area contributed by atoms with Crippen molar-refractivity contribution < 1.29 is 14.2 Å². The molecule has 1 saturated heterocycles. The highest BCUT2D eigenvalue weighted by atomic mass is 16.6. The summed E-state index contributed by atoms with van der Waals surface area (Å²) < 4.78 is 4.94. The zero-order valence-corrected chi connectivity index (χ0v) is 14.2. The van der Waals surface area contributed by atoms with Gasteiger partial charge in [0.1, 0.15) is 11.4 Å². The predicted octanol–water partition coefficient (Wildman–Crippen LogP) is 3.05. The van der Waals surface area contributed by atoms with Gasteiger partial charge in [0.25, 0.3) is 5.69 Å². The molecule has 8 nitrogen and oxygen atoms in total. The van der Waals surface area contributed by atoms with Gasteiger partial charge in [-0.25, -0.2) is 0 Å². The lowest BCUT2D eigenvalue weighted by atomic mass is 9.95. The number of amides is 1. The van der Waals surface area contributed by atoms with Gasteiger partial charge in [0.15, 0.2) is 5.82 Å². The summed E-state index contributed by atoms with van der Waals surface area (Å²) in [7, 11) is 0. The van der Waals surface area contributed by atoms with E-state index in [2.05, 4.69) is 10.5 Å². The van der Waals surface area contributed by atoms with Gasteiger partial charge in [0, 0.05) is 31.1 Å². The zero-order valence-electron chi connectivity index (χ0n) is 14.2. The molecule has 0 aliphatic carbocycles. The number of hydrogen-bond donors (Lipinski definition) is 1. The number of hydrogen-bond acceptors (Lipinski definition) is 6. The van der Waals surface area contributed by atoms with Crippen LogP contribution in [0.25, 0.3) is 0 Å². The largest absolute Gasteiger partial charge is 0.366 e. The summed E-state index contributed by atoms with van der Waals surface area (Å²) in [5.41, 5.74) is 1.58. The van der Waals surface area contributed by atoms with Crippen molar-refractivity contribution in [2.75, 3.05) is 23.3 Å². The van der Waals surface area contributed by atoms with Gasteiger partial charge in [-0.2, -0.15) is 0 Å². The Hall–Kier alpha value is -2.90. The van der Waals surface area contributed by atoms with Gasteiger partial charge in [0.05, 0.1) is 4.92 Å². The monoisotopic (exact) mass is 344 g/mol. The molecule has 0 atom stereocenters. The van der Waals surface area contributed by atoms with Crippen LogP contribution in [0.15, 0.2) is 28.8 Å². The molecule has 0 bridgehead atoms. The van der Waals surface area contributed by atoms with Crippen molar-refractivity contribution in [1.82, 2.24) is 5.16 Å². The molecule has 1 aromatic heterocycles. The van der Waals surface area contributed by atoms with Crippen molar-refractivity contribution >= 4 is 23.1 Å². The van der Waals surface area contributed by atoms with Gasteiger partial charge in [-0.3, -0.25) is 14.9 Å². The molecule has 0 radical (unpaired) electrons. The molecule has 25 heavy (non-hydrogen) atoms. The van der Waals surface area contributed by atoms with Crippen molar-refractivity contribution in [3.63, 3.8) is 0 Å². The molecule has 1 aliphatic rings. The molecule has 2 heterocycles. The molecule has 1 aromatic carbocycles. The standard InChI is InChI=1S/C17H20N4O4/c1-11-3-4-14(15(9-11)21(23)24)20-7-5-13(6-8-20)17(22)18-16-10-12(2)25-19-16/h3-4,9-10,13H,5-8H2,1-2H3,(H,18,19,22). The minimum atomic E-state index is -0.353. The molecule has 132 valence electrons. The Kier molecular flexibility index (Phi) is 4.69. The van der Waals surface area contributed by atoms with Crippen LogP contribution in [0, 0.1) is 29.9 Å². The third-order valence-electron chi connectivity index (χ3n) is 4.41. The van der Waals surface area contributed by atoms with E-state index < -0.39 is 0 Å². The molecule has 1 amide bonds. The van der Waals surface area contributed by atoms with Crippen LogP contribution >= 0.6 is 0 Å². The normalized spacial score (nSPS) is 15.2. The quantitative estimate of drug-likeness (QED) is 0.675. The second-order valence-corrected chi connectivity index (χ2v) is 6.32. The Labute approximate surface area is 144 Å². The number of benzene rings is 1.